The number of ether oxygens (including phenoxy) is 2. The zero-order valence-corrected chi connectivity index (χ0v) is 23.9. The van der Waals surface area contributed by atoms with Crippen LogP contribution in [-0.2, 0) is 22.0 Å². The third-order valence-corrected chi connectivity index (χ3v) is 9.59. The van der Waals surface area contributed by atoms with Gasteiger partial charge in [-0.3, -0.25) is 4.79 Å². The highest BCUT2D eigenvalue weighted by molar-refractivity contribution is 7.91. The van der Waals surface area contributed by atoms with Crippen LogP contribution in [0.3, 0.4) is 0 Å². The maximum absolute atomic E-state index is 14.0. The van der Waals surface area contributed by atoms with Crippen molar-refractivity contribution in [2.75, 3.05) is 5.73 Å². The summed E-state index contributed by atoms with van der Waals surface area (Å²) in [6, 6.07) is 7.55. The first-order chi connectivity index (χ1) is 20.9. The van der Waals surface area contributed by atoms with Gasteiger partial charge in [0.1, 0.15) is 11.6 Å². The summed E-state index contributed by atoms with van der Waals surface area (Å²) in [4.78, 5) is 17.6. The van der Waals surface area contributed by atoms with E-state index in [0.717, 1.165) is 12.1 Å². The molecule has 1 saturated carbocycles. The van der Waals surface area contributed by atoms with Crippen molar-refractivity contribution in [2.45, 2.75) is 43.8 Å². The molecular formula is C30H24F4N4O5S. The fraction of sp³-hybridized carbons (Fsp3) is 0.233. The minimum absolute atomic E-state index is 0.0106. The van der Waals surface area contributed by atoms with Gasteiger partial charge in [-0.15, -0.1) is 0 Å². The van der Waals surface area contributed by atoms with Gasteiger partial charge in [-0.25, -0.2) is 26.9 Å². The number of hydrogen-bond acceptors (Lipinski definition) is 8. The Bertz CT molecular complexity index is 1930. The standard InChI is InChI=1S/C30H24F4N4O5S/c1-15-7-26(43-28-22(31)3-2-4-23(28)32)36-13-24(15)38-29(35)21(12-37-38)27(39)18-8-16-10-19(14-44(40,41)20-5-6-20)25(42-30(33)34)11-17(16)9-18/h2-4,7,9-13,20,30H,5-6,8,14,35H2,1H3. The Kier molecular flexibility index (Phi) is 7.40. The zero-order chi connectivity index (χ0) is 31.3. The average molecular weight is 629 g/mol. The lowest BCUT2D eigenvalue weighted by atomic mass is 10.0. The first-order valence-corrected chi connectivity index (χ1v) is 15.1. The summed E-state index contributed by atoms with van der Waals surface area (Å²) in [7, 11) is -3.53. The van der Waals surface area contributed by atoms with Crippen molar-refractivity contribution in [3.8, 4) is 23.1 Å². The molecule has 0 aliphatic heterocycles. The van der Waals surface area contributed by atoms with Gasteiger partial charge < -0.3 is 15.2 Å². The van der Waals surface area contributed by atoms with Gasteiger partial charge in [-0.05, 0) is 60.7 Å². The van der Waals surface area contributed by atoms with Gasteiger partial charge in [-0.1, -0.05) is 12.1 Å². The van der Waals surface area contributed by atoms with Gasteiger partial charge in [0.2, 0.25) is 11.6 Å². The molecule has 0 unspecified atom stereocenters. The lowest BCUT2D eigenvalue weighted by Crippen LogP contribution is -2.13. The van der Waals surface area contributed by atoms with Gasteiger partial charge in [0.25, 0.3) is 0 Å². The maximum Gasteiger partial charge on any atom is 0.387 e. The van der Waals surface area contributed by atoms with Gasteiger partial charge in [0.15, 0.2) is 27.3 Å². The molecule has 0 radical (unpaired) electrons. The minimum Gasteiger partial charge on any atom is -0.434 e. The van der Waals surface area contributed by atoms with Gasteiger partial charge in [-0.2, -0.15) is 13.9 Å². The molecule has 44 heavy (non-hydrogen) atoms. The van der Waals surface area contributed by atoms with Crippen molar-refractivity contribution in [3.05, 3.63) is 93.8 Å². The van der Waals surface area contributed by atoms with E-state index in [0.29, 0.717) is 40.8 Å². The van der Waals surface area contributed by atoms with Crippen LogP contribution in [0.1, 0.15) is 45.5 Å². The Hall–Kier alpha value is -4.72. The number of Topliss-reactive ketones (excluding diaryl/α,β-unsaturated/α-hetero) is 1. The van der Waals surface area contributed by atoms with E-state index in [1.807, 2.05) is 0 Å². The number of hydrogen-bond donors (Lipinski definition) is 1. The van der Waals surface area contributed by atoms with E-state index in [2.05, 4.69) is 14.8 Å². The second-order valence-electron chi connectivity index (χ2n) is 10.5. The van der Waals surface area contributed by atoms with Crippen LogP contribution in [0.25, 0.3) is 11.8 Å². The van der Waals surface area contributed by atoms with E-state index in [4.69, 9.17) is 10.5 Å². The summed E-state index contributed by atoms with van der Waals surface area (Å²) in [5, 5.41) is 3.74. The SMILES string of the molecule is Cc1cc(Oc2c(F)cccc2F)ncc1-n1ncc(C(=O)C2=Cc3cc(OC(F)F)c(CS(=O)(=O)C4CC4)cc3C2)c1N. The molecule has 9 nitrogen and oxygen atoms in total. The predicted octanol–water partition coefficient (Wildman–Crippen LogP) is 5.73. The Morgan fingerprint density at radius 2 is 1.86 bits per heavy atom. The monoisotopic (exact) mass is 628 g/mol. The molecule has 0 saturated heterocycles. The lowest BCUT2D eigenvalue weighted by Gasteiger charge is -2.13. The number of aromatic nitrogens is 3. The molecule has 4 aromatic rings. The van der Waals surface area contributed by atoms with E-state index in [-0.39, 0.29) is 35.0 Å². The third kappa shape index (κ3) is 5.64. The van der Waals surface area contributed by atoms with E-state index in [1.165, 1.54) is 47.4 Å². The van der Waals surface area contributed by atoms with Crippen LogP contribution in [0.2, 0.25) is 0 Å². The van der Waals surface area contributed by atoms with Crippen molar-refractivity contribution in [1.82, 2.24) is 14.8 Å². The van der Waals surface area contributed by atoms with Crippen molar-refractivity contribution in [2.24, 2.45) is 0 Å². The second-order valence-corrected chi connectivity index (χ2v) is 12.8. The number of halogens is 4. The predicted molar refractivity (Wildman–Crippen MR) is 152 cm³/mol. The summed E-state index contributed by atoms with van der Waals surface area (Å²) in [5.74, 6) is -3.64. The summed E-state index contributed by atoms with van der Waals surface area (Å²) in [5.41, 5.74) is 8.71. The van der Waals surface area contributed by atoms with Crippen LogP contribution >= 0.6 is 0 Å². The first-order valence-electron chi connectivity index (χ1n) is 13.4. The number of allylic oxidation sites excluding steroid dienone is 1. The van der Waals surface area contributed by atoms with Crippen LogP contribution in [0.5, 0.6) is 17.4 Å². The number of pyridine rings is 1. The van der Waals surface area contributed by atoms with Crippen molar-refractivity contribution in [3.63, 3.8) is 0 Å². The number of ketones is 1. The van der Waals surface area contributed by atoms with E-state index < -0.39 is 50.6 Å². The smallest absolute Gasteiger partial charge is 0.387 e. The molecular weight excluding hydrogens is 604 g/mol. The number of nitrogen functional groups attached to an aromatic ring is 1. The number of aryl methyl sites for hydroxylation is 1. The molecule has 2 N–H and O–H groups in total. The van der Waals surface area contributed by atoms with E-state index in [1.54, 1.807) is 6.92 Å². The van der Waals surface area contributed by atoms with Crippen LogP contribution in [0, 0.1) is 18.6 Å². The summed E-state index contributed by atoms with van der Waals surface area (Å²) in [6.45, 7) is -1.49. The number of anilines is 1. The number of carbonyl (C=O) groups excluding carboxylic acids is 1. The number of nitrogens with zero attached hydrogens (tertiary/aromatic N) is 3. The molecule has 6 rings (SSSR count). The van der Waals surface area contributed by atoms with Crippen LogP contribution in [-0.4, -0.2) is 40.8 Å². The number of alkyl halides is 2. The Balaban J connectivity index is 1.24. The fourth-order valence-corrected chi connectivity index (χ4v) is 6.78. The minimum atomic E-state index is -3.53. The molecule has 2 aromatic carbocycles. The third-order valence-electron chi connectivity index (χ3n) is 7.39. The molecule has 228 valence electrons. The highest BCUT2D eigenvalue weighted by Crippen LogP contribution is 2.38. The van der Waals surface area contributed by atoms with Gasteiger partial charge in [0.05, 0.1) is 34.6 Å². The normalized spacial score (nSPS) is 14.5. The molecule has 2 aromatic heterocycles. The van der Waals surface area contributed by atoms with Crippen molar-refractivity contribution >= 4 is 27.5 Å². The number of sulfone groups is 1. The number of nitrogens with two attached hydrogens (primary N) is 1. The molecule has 0 atom stereocenters. The molecule has 0 amide bonds. The van der Waals surface area contributed by atoms with E-state index in [9.17, 15) is 30.8 Å². The number of benzene rings is 2. The first kappa shape index (κ1) is 29.4. The Morgan fingerprint density at radius 1 is 1.14 bits per heavy atom. The van der Waals surface area contributed by atoms with E-state index >= 15 is 0 Å². The maximum atomic E-state index is 14.0. The fourth-order valence-electron chi connectivity index (χ4n) is 5.03. The largest absolute Gasteiger partial charge is 0.434 e. The topological polar surface area (TPSA) is 126 Å². The van der Waals surface area contributed by atoms with Crippen LogP contribution < -0.4 is 15.2 Å². The highest BCUT2D eigenvalue weighted by atomic mass is 32.2. The molecule has 1 fully saturated rings. The number of rotatable bonds is 10. The van der Waals surface area contributed by atoms with Gasteiger partial charge >= 0.3 is 6.61 Å². The number of carbonyl (C=O) groups is 1. The van der Waals surface area contributed by atoms with Gasteiger partial charge in [0, 0.05) is 23.6 Å². The number of fused-ring (bicyclic) bond motifs is 1. The molecule has 2 aliphatic carbocycles. The molecule has 0 spiro atoms. The van der Waals surface area contributed by atoms with Crippen molar-refractivity contribution in [1.29, 1.82) is 0 Å². The molecule has 2 aliphatic rings. The summed E-state index contributed by atoms with van der Waals surface area (Å²) >= 11 is 0. The number of para-hydroxylation sites is 1. The van der Waals surface area contributed by atoms with Crippen LogP contribution in [0.4, 0.5) is 23.4 Å². The summed E-state index contributed by atoms with van der Waals surface area (Å²) < 4.78 is 90.7. The second kappa shape index (κ2) is 11.1. The molecule has 0 bridgehead atoms. The highest BCUT2D eigenvalue weighted by Gasteiger charge is 2.36. The average Bonchev–Trinajstić information content (AvgIpc) is 3.65. The quantitative estimate of drug-likeness (QED) is 0.174. The van der Waals surface area contributed by atoms with Crippen LogP contribution in [0.15, 0.2) is 54.4 Å². The molecule has 14 heteroatoms. The lowest BCUT2D eigenvalue weighted by molar-refractivity contribution is -0.0503. The Morgan fingerprint density at radius 3 is 2.52 bits per heavy atom. The zero-order valence-electron chi connectivity index (χ0n) is 23.1. The Labute approximate surface area is 248 Å². The summed E-state index contributed by atoms with van der Waals surface area (Å²) in [6.07, 6.45) is 5.31. The molecule has 2 heterocycles. The van der Waals surface area contributed by atoms with Crippen molar-refractivity contribution < 1.29 is 40.2 Å².